The Morgan fingerprint density at radius 1 is 1.29 bits per heavy atom. The third kappa shape index (κ3) is 4.56. The Labute approximate surface area is 184 Å². The minimum atomic E-state index is -3.22. The molecule has 1 saturated heterocycles. The van der Waals surface area contributed by atoms with Crippen LogP contribution in [0.3, 0.4) is 0 Å². The summed E-state index contributed by atoms with van der Waals surface area (Å²) in [6.45, 7) is 1.82. The number of methoxy groups -OCH3 is 1. The van der Waals surface area contributed by atoms with Gasteiger partial charge in [-0.05, 0) is 50.0 Å². The standard InChI is InChI=1S/C22H31N5O3S/c1-26(21-18(11-23)12-25-22-20(21)7-9-24-22)19-5-3-16(4-6-19)15-31(28,29)27-10-8-17(13-27)14-30-2/h7,9,12,16-17,19H,3-6,8,10,13-15H2,1-2H3,(H,24,25). The van der Waals surface area contributed by atoms with E-state index >= 15 is 0 Å². The predicted octanol–water partition coefficient (Wildman–Crippen LogP) is 2.73. The number of nitrogens with one attached hydrogen (secondary N) is 1. The average Bonchev–Trinajstić information content (AvgIpc) is 3.43. The minimum absolute atomic E-state index is 0.191. The molecule has 2 aliphatic rings. The summed E-state index contributed by atoms with van der Waals surface area (Å²) in [4.78, 5) is 9.63. The van der Waals surface area contributed by atoms with Gasteiger partial charge in [0.05, 0.1) is 23.6 Å². The lowest BCUT2D eigenvalue weighted by molar-refractivity contribution is 0.157. The highest BCUT2D eigenvalue weighted by Crippen LogP contribution is 2.35. The average molecular weight is 446 g/mol. The van der Waals surface area contributed by atoms with Gasteiger partial charge in [-0.15, -0.1) is 0 Å². The van der Waals surface area contributed by atoms with E-state index in [1.807, 2.05) is 19.3 Å². The molecule has 168 valence electrons. The molecule has 0 aromatic carbocycles. The Kier molecular flexibility index (Phi) is 6.51. The molecule has 1 aliphatic carbocycles. The SMILES string of the molecule is COCC1CCN(S(=O)(=O)CC2CCC(N(C)c3c(C#N)cnc4[nH]ccc34)CC2)C1. The lowest BCUT2D eigenvalue weighted by Crippen LogP contribution is -2.39. The summed E-state index contributed by atoms with van der Waals surface area (Å²) in [6.07, 6.45) is 7.94. The van der Waals surface area contributed by atoms with Gasteiger partial charge in [0.25, 0.3) is 0 Å². The molecule has 4 rings (SSSR count). The maximum absolute atomic E-state index is 12.9. The van der Waals surface area contributed by atoms with Gasteiger partial charge in [0.2, 0.25) is 10.0 Å². The van der Waals surface area contributed by atoms with Crippen molar-refractivity contribution in [2.24, 2.45) is 11.8 Å². The lowest BCUT2D eigenvalue weighted by Gasteiger charge is -2.36. The highest BCUT2D eigenvalue weighted by atomic mass is 32.2. The van der Waals surface area contributed by atoms with Gasteiger partial charge in [-0.25, -0.2) is 17.7 Å². The predicted molar refractivity (Wildman–Crippen MR) is 120 cm³/mol. The number of anilines is 1. The Morgan fingerprint density at radius 3 is 2.77 bits per heavy atom. The van der Waals surface area contributed by atoms with E-state index in [1.54, 1.807) is 17.6 Å². The first kappa shape index (κ1) is 22.1. The number of aromatic nitrogens is 2. The van der Waals surface area contributed by atoms with Crippen LogP contribution in [0.1, 0.15) is 37.7 Å². The van der Waals surface area contributed by atoms with E-state index in [2.05, 4.69) is 20.9 Å². The number of ether oxygens (including phenoxy) is 1. The molecular formula is C22H31N5O3S. The maximum Gasteiger partial charge on any atom is 0.214 e. The molecule has 3 heterocycles. The molecule has 0 radical (unpaired) electrons. The van der Waals surface area contributed by atoms with Crippen molar-refractivity contribution in [3.05, 3.63) is 24.0 Å². The highest BCUT2D eigenvalue weighted by Gasteiger charge is 2.35. The molecule has 1 saturated carbocycles. The third-order valence-corrected chi connectivity index (χ3v) is 8.90. The van der Waals surface area contributed by atoms with E-state index in [1.165, 1.54) is 0 Å². The minimum Gasteiger partial charge on any atom is -0.384 e. The van der Waals surface area contributed by atoms with Crippen molar-refractivity contribution in [2.75, 3.05) is 44.5 Å². The molecule has 8 nitrogen and oxygen atoms in total. The Hall–Kier alpha value is -2.15. The molecule has 9 heteroatoms. The van der Waals surface area contributed by atoms with Crippen LogP contribution in [0.2, 0.25) is 0 Å². The van der Waals surface area contributed by atoms with E-state index in [0.29, 0.717) is 31.2 Å². The number of hydrogen-bond donors (Lipinski definition) is 1. The number of rotatable bonds is 7. The van der Waals surface area contributed by atoms with Crippen LogP contribution in [0, 0.1) is 23.2 Å². The van der Waals surface area contributed by atoms with E-state index in [-0.39, 0.29) is 17.7 Å². The molecule has 31 heavy (non-hydrogen) atoms. The van der Waals surface area contributed by atoms with E-state index < -0.39 is 10.0 Å². The van der Waals surface area contributed by atoms with Crippen LogP contribution in [0.5, 0.6) is 0 Å². The zero-order chi connectivity index (χ0) is 22.0. The zero-order valence-electron chi connectivity index (χ0n) is 18.2. The number of nitrogens with zero attached hydrogens (tertiary/aromatic N) is 4. The molecule has 2 aromatic rings. The number of aromatic amines is 1. The van der Waals surface area contributed by atoms with E-state index in [0.717, 1.165) is 48.8 Å². The third-order valence-electron chi connectivity index (χ3n) is 6.89. The van der Waals surface area contributed by atoms with Crippen molar-refractivity contribution in [2.45, 2.75) is 38.1 Å². The molecule has 0 bridgehead atoms. The van der Waals surface area contributed by atoms with Crippen molar-refractivity contribution in [3.8, 4) is 6.07 Å². The van der Waals surface area contributed by atoms with Crippen molar-refractivity contribution >= 4 is 26.7 Å². The van der Waals surface area contributed by atoms with Crippen molar-refractivity contribution < 1.29 is 13.2 Å². The summed E-state index contributed by atoms with van der Waals surface area (Å²) in [7, 11) is 0.474. The van der Waals surface area contributed by atoms with Crippen molar-refractivity contribution in [1.29, 1.82) is 5.26 Å². The van der Waals surface area contributed by atoms with Gasteiger partial charge in [0.1, 0.15) is 11.7 Å². The molecule has 1 N–H and O–H groups in total. The number of nitriles is 1. The van der Waals surface area contributed by atoms with Gasteiger partial charge in [-0.2, -0.15) is 5.26 Å². The molecule has 2 aromatic heterocycles. The topological polar surface area (TPSA) is 102 Å². The summed E-state index contributed by atoms with van der Waals surface area (Å²) in [5.41, 5.74) is 2.25. The molecule has 1 unspecified atom stereocenters. The second-order valence-electron chi connectivity index (χ2n) is 8.90. The smallest absolute Gasteiger partial charge is 0.214 e. The van der Waals surface area contributed by atoms with Gasteiger partial charge in [0.15, 0.2) is 0 Å². The van der Waals surface area contributed by atoms with Crippen LogP contribution < -0.4 is 4.90 Å². The molecule has 0 spiro atoms. The largest absolute Gasteiger partial charge is 0.384 e. The van der Waals surface area contributed by atoms with Gasteiger partial charge in [-0.1, -0.05) is 0 Å². The number of sulfonamides is 1. The van der Waals surface area contributed by atoms with Gasteiger partial charge >= 0.3 is 0 Å². The molecule has 0 amide bonds. The summed E-state index contributed by atoms with van der Waals surface area (Å²) < 4.78 is 32.7. The number of hydrogen-bond acceptors (Lipinski definition) is 6. The first-order chi connectivity index (χ1) is 14.9. The number of H-pyrrole nitrogens is 1. The monoisotopic (exact) mass is 445 g/mol. The number of fused-ring (bicyclic) bond motifs is 1. The number of pyridine rings is 1. The summed E-state index contributed by atoms with van der Waals surface area (Å²) in [5, 5.41) is 10.5. The van der Waals surface area contributed by atoms with Crippen LogP contribution in [0.15, 0.2) is 18.5 Å². The fourth-order valence-electron chi connectivity index (χ4n) is 5.16. The van der Waals surface area contributed by atoms with Crippen LogP contribution in [-0.4, -0.2) is 68.3 Å². The van der Waals surface area contributed by atoms with E-state index in [4.69, 9.17) is 4.74 Å². The molecule has 1 aliphatic heterocycles. The van der Waals surface area contributed by atoms with Crippen LogP contribution in [-0.2, 0) is 14.8 Å². The van der Waals surface area contributed by atoms with Crippen LogP contribution in [0.25, 0.3) is 11.0 Å². The summed E-state index contributed by atoms with van der Waals surface area (Å²) in [6, 6.07) is 4.51. The first-order valence-electron chi connectivity index (χ1n) is 11.0. The molecule has 2 fully saturated rings. The second kappa shape index (κ2) is 9.15. The summed E-state index contributed by atoms with van der Waals surface area (Å²) in [5.74, 6) is 0.740. The van der Waals surface area contributed by atoms with Gasteiger partial charge < -0.3 is 14.6 Å². The summed E-state index contributed by atoms with van der Waals surface area (Å²) >= 11 is 0. The van der Waals surface area contributed by atoms with E-state index in [9.17, 15) is 13.7 Å². The van der Waals surface area contributed by atoms with Crippen LogP contribution in [0.4, 0.5) is 5.69 Å². The quantitative estimate of drug-likeness (QED) is 0.703. The van der Waals surface area contributed by atoms with Gasteiger partial charge in [-0.3, -0.25) is 0 Å². The van der Waals surface area contributed by atoms with Crippen LogP contribution >= 0.6 is 0 Å². The van der Waals surface area contributed by atoms with Crippen molar-refractivity contribution in [3.63, 3.8) is 0 Å². The zero-order valence-corrected chi connectivity index (χ0v) is 19.1. The molecule has 1 atom stereocenters. The van der Waals surface area contributed by atoms with Gasteiger partial charge in [0, 0.05) is 51.1 Å². The fourth-order valence-corrected chi connectivity index (χ4v) is 7.12. The maximum atomic E-state index is 12.9. The Balaban J connectivity index is 1.38. The van der Waals surface area contributed by atoms with Crippen molar-refractivity contribution in [1.82, 2.24) is 14.3 Å². The second-order valence-corrected chi connectivity index (χ2v) is 10.9. The molecular weight excluding hydrogens is 414 g/mol. The first-order valence-corrected chi connectivity index (χ1v) is 12.6. The lowest BCUT2D eigenvalue weighted by atomic mass is 9.86. The normalized spacial score (nSPS) is 25.0. The Bertz CT molecular complexity index is 1050. The Morgan fingerprint density at radius 2 is 2.06 bits per heavy atom. The highest BCUT2D eigenvalue weighted by molar-refractivity contribution is 7.89. The fraction of sp³-hybridized carbons (Fsp3) is 0.636.